The van der Waals surface area contributed by atoms with Crippen molar-refractivity contribution >= 4 is 11.5 Å². The van der Waals surface area contributed by atoms with Crippen LogP contribution in [0.15, 0.2) is 30.3 Å². The van der Waals surface area contributed by atoms with Gasteiger partial charge < -0.3 is 9.47 Å². The van der Waals surface area contributed by atoms with Crippen molar-refractivity contribution in [3.63, 3.8) is 0 Å². The summed E-state index contributed by atoms with van der Waals surface area (Å²) in [5, 5.41) is 0. The Labute approximate surface area is 120 Å². The van der Waals surface area contributed by atoms with Gasteiger partial charge in [0, 0.05) is 6.08 Å². The summed E-state index contributed by atoms with van der Waals surface area (Å²) in [6, 6.07) is 7.90. The molecule has 2 rings (SSSR count). The highest BCUT2D eigenvalue weighted by molar-refractivity contribution is 5.91. The maximum atomic E-state index is 11.6. The number of benzene rings is 1. The summed E-state index contributed by atoms with van der Waals surface area (Å²) < 4.78 is 9.98. The van der Waals surface area contributed by atoms with Crippen LogP contribution in [0, 0.1) is 5.92 Å². The molecule has 0 aliphatic heterocycles. The Kier molecular flexibility index (Phi) is 5.22. The van der Waals surface area contributed by atoms with Crippen LogP contribution in [0.5, 0.6) is 5.75 Å². The Morgan fingerprint density at radius 3 is 2.30 bits per heavy atom. The molecule has 3 nitrogen and oxygen atoms in total. The molecule has 0 aromatic heterocycles. The summed E-state index contributed by atoms with van der Waals surface area (Å²) in [5.74, 6) is 1.01. The number of hydrogen-bond acceptors (Lipinski definition) is 3. The third-order valence-electron chi connectivity index (χ3n) is 3.94. The molecule has 1 fully saturated rings. The Bertz CT molecular complexity index is 468. The lowest BCUT2D eigenvalue weighted by Gasteiger charge is -2.24. The predicted octanol–water partition coefficient (Wildman–Crippen LogP) is 3.83. The maximum absolute atomic E-state index is 11.6. The van der Waals surface area contributed by atoms with Gasteiger partial charge in [0.25, 0.3) is 0 Å². The fraction of sp³-hybridized carbons (Fsp3) is 0.471. The monoisotopic (exact) mass is 274 g/mol. The quantitative estimate of drug-likeness (QED) is 0.618. The lowest BCUT2D eigenvalue weighted by molar-refractivity contribution is -0.134. The van der Waals surface area contributed by atoms with E-state index < -0.39 is 0 Å². The highest BCUT2D eigenvalue weighted by Gasteiger charge is 2.20. The van der Waals surface area contributed by atoms with E-state index in [9.17, 15) is 4.79 Å². The molecule has 3 heteroatoms. The normalized spacial score (nSPS) is 16.8. The van der Waals surface area contributed by atoms with Crippen molar-refractivity contribution in [3.05, 3.63) is 35.9 Å². The van der Waals surface area contributed by atoms with Gasteiger partial charge in [-0.15, -0.1) is 0 Å². The molecule has 1 aromatic carbocycles. The number of hydrogen-bond donors (Lipinski definition) is 0. The van der Waals surface area contributed by atoms with Crippen LogP contribution >= 0.6 is 0 Å². The van der Waals surface area contributed by atoms with Gasteiger partial charge in [0.05, 0.1) is 14.2 Å². The van der Waals surface area contributed by atoms with Crippen molar-refractivity contribution in [1.29, 1.82) is 0 Å². The minimum atomic E-state index is -0.276. The number of methoxy groups -OCH3 is 2. The van der Waals surface area contributed by atoms with Crippen molar-refractivity contribution in [2.75, 3.05) is 14.2 Å². The topological polar surface area (TPSA) is 35.5 Å². The van der Waals surface area contributed by atoms with Crippen LogP contribution < -0.4 is 4.74 Å². The molecule has 1 saturated carbocycles. The Morgan fingerprint density at radius 2 is 1.75 bits per heavy atom. The van der Waals surface area contributed by atoms with E-state index in [0.717, 1.165) is 29.7 Å². The largest absolute Gasteiger partial charge is 0.497 e. The second-order valence-electron chi connectivity index (χ2n) is 5.19. The fourth-order valence-corrected chi connectivity index (χ4v) is 2.82. The molecule has 0 spiro atoms. The minimum Gasteiger partial charge on any atom is -0.497 e. The zero-order chi connectivity index (χ0) is 14.4. The van der Waals surface area contributed by atoms with E-state index in [2.05, 4.69) is 0 Å². The molecule has 0 saturated heterocycles. The summed E-state index contributed by atoms with van der Waals surface area (Å²) in [6.07, 6.45) is 7.71. The first-order chi connectivity index (χ1) is 9.74. The zero-order valence-electron chi connectivity index (χ0n) is 12.2. The van der Waals surface area contributed by atoms with E-state index in [1.54, 1.807) is 13.2 Å². The highest BCUT2D eigenvalue weighted by atomic mass is 16.5. The standard InChI is InChI=1S/C17H22O3/c1-19-15-10-8-14(9-11-15)16(12-17(18)20-2)13-6-4-3-5-7-13/h8-13H,3-7H2,1-2H3. The summed E-state index contributed by atoms with van der Waals surface area (Å²) in [6.45, 7) is 0. The third-order valence-corrected chi connectivity index (χ3v) is 3.94. The van der Waals surface area contributed by atoms with E-state index in [4.69, 9.17) is 9.47 Å². The maximum Gasteiger partial charge on any atom is 0.330 e. The second-order valence-corrected chi connectivity index (χ2v) is 5.19. The van der Waals surface area contributed by atoms with Crippen LogP contribution in [0.3, 0.4) is 0 Å². The van der Waals surface area contributed by atoms with E-state index >= 15 is 0 Å². The predicted molar refractivity (Wildman–Crippen MR) is 79.6 cm³/mol. The Morgan fingerprint density at radius 1 is 1.10 bits per heavy atom. The average Bonchev–Trinajstić information content (AvgIpc) is 2.53. The third kappa shape index (κ3) is 3.62. The average molecular weight is 274 g/mol. The van der Waals surface area contributed by atoms with Crippen LogP contribution in [-0.2, 0) is 9.53 Å². The molecule has 108 valence electrons. The first-order valence-electron chi connectivity index (χ1n) is 7.18. The first kappa shape index (κ1) is 14.6. The molecule has 0 unspecified atom stereocenters. The van der Waals surface area contributed by atoms with Gasteiger partial charge in [-0.2, -0.15) is 0 Å². The van der Waals surface area contributed by atoms with Crippen molar-refractivity contribution in [1.82, 2.24) is 0 Å². The Balaban J connectivity index is 2.29. The van der Waals surface area contributed by atoms with Gasteiger partial charge in [0.15, 0.2) is 0 Å². The van der Waals surface area contributed by atoms with Crippen molar-refractivity contribution in [2.24, 2.45) is 5.92 Å². The minimum absolute atomic E-state index is 0.276. The van der Waals surface area contributed by atoms with E-state index in [1.165, 1.54) is 26.4 Å². The molecule has 0 amide bonds. The smallest absolute Gasteiger partial charge is 0.330 e. The van der Waals surface area contributed by atoms with Crippen LogP contribution in [0.1, 0.15) is 37.7 Å². The molecule has 0 heterocycles. The van der Waals surface area contributed by atoms with Gasteiger partial charge in [-0.3, -0.25) is 0 Å². The SMILES string of the molecule is COC(=O)C=C(c1ccc(OC)cc1)C1CCCCC1. The number of rotatable bonds is 4. The number of carbonyl (C=O) groups excluding carboxylic acids is 1. The van der Waals surface area contributed by atoms with Gasteiger partial charge in [-0.25, -0.2) is 4.79 Å². The molecule has 0 radical (unpaired) electrons. The van der Waals surface area contributed by atoms with Crippen LogP contribution in [-0.4, -0.2) is 20.2 Å². The first-order valence-corrected chi connectivity index (χ1v) is 7.18. The summed E-state index contributed by atoms with van der Waals surface area (Å²) in [7, 11) is 3.08. The number of esters is 1. The molecule has 1 aliphatic rings. The number of ether oxygens (including phenoxy) is 2. The molecule has 0 atom stereocenters. The summed E-state index contributed by atoms with van der Waals surface area (Å²) in [5.41, 5.74) is 2.18. The van der Waals surface area contributed by atoms with Crippen LogP contribution in [0.4, 0.5) is 0 Å². The van der Waals surface area contributed by atoms with E-state index in [-0.39, 0.29) is 5.97 Å². The van der Waals surface area contributed by atoms with Gasteiger partial charge >= 0.3 is 5.97 Å². The van der Waals surface area contributed by atoms with Crippen LogP contribution in [0.25, 0.3) is 5.57 Å². The lowest BCUT2D eigenvalue weighted by atomic mass is 9.81. The van der Waals surface area contributed by atoms with Gasteiger partial charge in [-0.05, 0) is 42.0 Å². The molecule has 1 aliphatic carbocycles. The summed E-state index contributed by atoms with van der Waals surface area (Å²) in [4.78, 5) is 11.6. The number of allylic oxidation sites excluding steroid dienone is 1. The van der Waals surface area contributed by atoms with Crippen LogP contribution in [0.2, 0.25) is 0 Å². The Hall–Kier alpha value is -1.77. The molecular formula is C17H22O3. The van der Waals surface area contributed by atoms with E-state index in [1.807, 2.05) is 24.3 Å². The van der Waals surface area contributed by atoms with E-state index in [0.29, 0.717) is 5.92 Å². The number of carbonyl (C=O) groups is 1. The lowest BCUT2D eigenvalue weighted by Crippen LogP contribution is -2.10. The summed E-state index contributed by atoms with van der Waals surface area (Å²) >= 11 is 0. The van der Waals surface area contributed by atoms with Gasteiger partial charge in [-0.1, -0.05) is 31.4 Å². The van der Waals surface area contributed by atoms with Crippen molar-refractivity contribution < 1.29 is 14.3 Å². The van der Waals surface area contributed by atoms with Crippen molar-refractivity contribution in [3.8, 4) is 5.75 Å². The highest BCUT2D eigenvalue weighted by Crippen LogP contribution is 2.35. The van der Waals surface area contributed by atoms with Crippen molar-refractivity contribution in [2.45, 2.75) is 32.1 Å². The molecule has 0 N–H and O–H groups in total. The molecule has 1 aromatic rings. The molecular weight excluding hydrogens is 252 g/mol. The van der Waals surface area contributed by atoms with Gasteiger partial charge in [0.2, 0.25) is 0 Å². The fourth-order valence-electron chi connectivity index (χ4n) is 2.82. The molecule has 0 bridgehead atoms. The molecule has 20 heavy (non-hydrogen) atoms. The zero-order valence-corrected chi connectivity index (χ0v) is 12.2. The van der Waals surface area contributed by atoms with Gasteiger partial charge in [0.1, 0.15) is 5.75 Å². The second kappa shape index (κ2) is 7.13.